The molecule has 0 fully saturated rings. The number of nitrogens with zero attached hydrogens (tertiary/aromatic N) is 1. The maximum atomic E-state index is 6.17. The molecule has 0 atom stereocenters. The monoisotopic (exact) mass is 419 g/mol. The molecule has 0 bridgehead atoms. The lowest BCUT2D eigenvalue weighted by Crippen LogP contribution is -2.28. The van der Waals surface area contributed by atoms with Crippen LogP contribution >= 0.6 is 47.2 Å². The van der Waals surface area contributed by atoms with Gasteiger partial charge in [0, 0.05) is 27.7 Å². The molecule has 0 aliphatic heterocycles. The van der Waals surface area contributed by atoms with Gasteiger partial charge in [-0.2, -0.15) is 0 Å². The quantitative estimate of drug-likeness (QED) is 0.493. The van der Waals surface area contributed by atoms with Gasteiger partial charge in [-0.25, -0.2) is 4.98 Å². The van der Waals surface area contributed by atoms with Crippen molar-refractivity contribution in [1.82, 2.24) is 10.3 Å². The number of benzene rings is 2. The molecular weight excluding hydrogens is 405 g/mol. The van der Waals surface area contributed by atoms with E-state index >= 15 is 0 Å². The number of thiocarbonyl (C=S) groups is 1. The average molecular weight is 420 g/mol. The van der Waals surface area contributed by atoms with Crippen LogP contribution in [0.4, 0.5) is 5.69 Å². The van der Waals surface area contributed by atoms with Crippen molar-refractivity contribution in [3.63, 3.8) is 0 Å². The van der Waals surface area contributed by atoms with Crippen LogP contribution in [0.15, 0.2) is 76.8 Å². The number of pyridine rings is 1. The SMILES string of the molecule is S=C(NCc1ccccc1Cl)Nc1cccnc1Sc1ccc(Cl)cc1. The number of rotatable bonds is 5. The van der Waals surface area contributed by atoms with Crippen LogP contribution in [0.5, 0.6) is 0 Å². The lowest BCUT2D eigenvalue weighted by molar-refractivity contribution is 0.925. The molecule has 0 unspecified atom stereocenters. The molecule has 0 aliphatic carbocycles. The van der Waals surface area contributed by atoms with E-state index in [0.29, 0.717) is 21.7 Å². The predicted octanol–water partition coefficient (Wildman–Crippen LogP) is 6.03. The van der Waals surface area contributed by atoms with E-state index in [1.54, 1.807) is 18.0 Å². The molecule has 26 heavy (non-hydrogen) atoms. The van der Waals surface area contributed by atoms with Crippen LogP contribution in [0.1, 0.15) is 5.56 Å². The number of anilines is 1. The Morgan fingerprint density at radius 2 is 1.77 bits per heavy atom. The summed E-state index contributed by atoms with van der Waals surface area (Å²) in [5.41, 5.74) is 1.82. The fraction of sp³-hybridized carbons (Fsp3) is 0.0526. The number of hydrogen-bond donors (Lipinski definition) is 2. The molecule has 2 N–H and O–H groups in total. The van der Waals surface area contributed by atoms with Crippen LogP contribution in [0.3, 0.4) is 0 Å². The second-order valence-electron chi connectivity index (χ2n) is 5.31. The van der Waals surface area contributed by atoms with E-state index in [9.17, 15) is 0 Å². The second-order valence-corrected chi connectivity index (χ2v) is 7.63. The summed E-state index contributed by atoms with van der Waals surface area (Å²) in [7, 11) is 0. The summed E-state index contributed by atoms with van der Waals surface area (Å²) in [5, 5.41) is 9.13. The van der Waals surface area contributed by atoms with Crippen molar-refractivity contribution in [2.75, 3.05) is 5.32 Å². The van der Waals surface area contributed by atoms with Crippen molar-refractivity contribution < 1.29 is 0 Å². The molecule has 3 nitrogen and oxygen atoms in total. The van der Waals surface area contributed by atoms with Crippen LogP contribution < -0.4 is 10.6 Å². The zero-order valence-electron chi connectivity index (χ0n) is 13.6. The first-order chi connectivity index (χ1) is 12.6. The fourth-order valence-corrected chi connectivity index (χ4v) is 3.51. The van der Waals surface area contributed by atoms with Gasteiger partial charge in [0.25, 0.3) is 0 Å². The maximum Gasteiger partial charge on any atom is 0.171 e. The van der Waals surface area contributed by atoms with Crippen LogP contribution in [0.2, 0.25) is 10.0 Å². The van der Waals surface area contributed by atoms with Gasteiger partial charge in [0.15, 0.2) is 5.11 Å². The first-order valence-corrected chi connectivity index (χ1v) is 9.76. The molecule has 0 aliphatic rings. The van der Waals surface area contributed by atoms with Gasteiger partial charge in [0.05, 0.1) is 5.69 Å². The molecule has 2 aromatic carbocycles. The summed E-state index contributed by atoms with van der Waals surface area (Å²) in [6, 6.07) is 19.1. The molecule has 0 amide bonds. The minimum atomic E-state index is 0.510. The third-order valence-corrected chi connectivity index (χ3v) is 5.34. The van der Waals surface area contributed by atoms with Gasteiger partial charge in [-0.3, -0.25) is 0 Å². The van der Waals surface area contributed by atoms with Crippen molar-refractivity contribution in [3.8, 4) is 0 Å². The lowest BCUT2D eigenvalue weighted by atomic mass is 10.2. The van der Waals surface area contributed by atoms with Crippen LogP contribution in [0.25, 0.3) is 0 Å². The Hall–Kier alpha value is -1.79. The van der Waals surface area contributed by atoms with Crippen molar-refractivity contribution >= 4 is 58.0 Å². The summed E-state index contributed by atoms with van der Waals surface area (Å²) in [5.74, 6) is 0. The summed E-state index contributed by atoms with van der Waals surface area (Å²) in [6.45, 7) is 0.547. The molecule has 0 radical (unpaired) electrons. The van der Waals surface area contributed by atoms with Gasteiger partial charge in [0.2, 0.25) is 0 Å². The van der Waals surface area contributed by atoms with E-state index in [1.807, 2.05) is 60.7 Å². The van der Waals surface area contributed by atoms with Crippen LogP contribution in [0, 0.1) is 0 Å². The first-order valence-electron chi connectivity index (χ1n) is 7.78. The van der Waals surface area contributed by atoms with E-state index < -0.39 is 0 Å². The third kappa shape index (κ3) is 5.35. The Morgan fingerprint density at radius 3 is 2.54 bits per heavy atom. The smallest absolute Gasteiger partial charge is 0.171 e. The number of aromatic nitrogens is 1. The topological polar surface area (TPSA) is 37.0 Å². The Morgan fingerprint density at radius 1 is 1.00 bits per heavy atom. The highest BCUT2D eigenvalue weighted by atomic mass is 35.5. The first kappa shape index (κ1) is 19.0. The van der Waals surface area contributed by atoms with Crippen LogP contribution in [-0.4, -0.2) is 10.1 Å². The Bertz CT molecular complexity index is 901. The van der Waals surface area contributed by atoms with Crippen molar-refractivity contribution in [2.45, 2.75) is 16.5 Å². The zero-order chi connectivity index (χ0) is 18.4. The molecular formula is C19H15Cl2N3S2. The molecule has 3 aromatic rings. The highest BCUT2D eigenvalue weighted by Crippen LogP contribution is 2.32. The number of halogens is 2. The molecule has 0 spiro atoms. The van der Waals surface area contributed by atoms with Gasteiger partial charge < -0.3 is 10.6 Å². The molecule has 1 aromatic heterocycles. The molecule has 0 saturated heterocycles. The van der Waals surface area contributed by atoms with E-state index in [-0.39, 0.29) is 0 Å². The largest absolute Gasteiger partial charge is 0.358 e. The van der Waals surface area contributed by atoms with E-state index in [4.69, 9.17) is 35.4 Å². The van der Waals surface area contributed by atoms with E-state index in [1.165, 1.54) is 0 Å². The molecule has 3 rings (SSSR count). The third-order valence-electron chi connectivity index (χ3n) is 3.44. The Labute approximate surface area is 172 Å². The van der Waals surface area contributed by atoms with Gasteiger partial charge in [-0.1, -0.05) is 53.2 Å². The summed E-state index contributed by atoms with van der Waals surface area (Å²) >= 11 is 19.0. The Kier molecular flexibility index (Phi) is 6.74. The molecule has 0 saturated carbocycles. The molecule has 7 heteroatoms. The van der Waals surface area contributed by atoms with Crippen molar-refractivity contribution in [3.05, 3.63) is 82.5 Å². The minimum absolute atomic E-state index is 0.510. The minimum Gasteiger partial charge on any atom is -0.358 e. The van der Waals surface area contributed by atoms with Crippen LogP contribution in [-0.2, 0) is 6.54 Å². The normalized spacial score (nSPS) is 10.4. The zero-order valence-corrected chi connectivity index (χ0v) is 16.7. The standard InChI is InChI=1S/C19H15Cl2N3S2/c20-14-7-9-15(10-8-14)26-18-17(6-3-11-22-18)24-19(25)23-12-13-4-1-2-5-16(13)21/h1-11H,12H2,(H2,23,24,25). The van der Waals surface area contributed by atoms with E-state index in [2.05, 4.69) is 15.6 Å². The number of hydrogen-bond acceptors (Lipinski definition) is 3. The van der Waals surface area contributed by atoms with E-state index in [0.717, 1.165) is 21.2 Å². The highest BCUT2D eigenvalue weighted by molar-refractivity contribution is 7.99. The second kappa shape index (κ2) is 9.24. The van der Waals surface area contributed by atoms with Gasteiger partial charge in [-0.15, -0.1) is 0 Å². The summed E-state index contributed by atoms with van der Waals surface area (Å²) < 4.78 is 0. The van der Waals surface area contributed by atoms with Crippen molar-refractivity contribution in [2.24, 2.45) is 0 Å². The van der Waals surface area contributed by atoms with Gasteiger partial charge >= 0.3 is 0 Å². The molecule has 132 valence electrons. The summed E-state index contributed by atoms with van der Waals surface area (Å²) in [6.07, 6.45) is 1.75. The number of nitrogens with one attached hydrogen (secondary N) is 2. The highest BCUT2D eigenvalue weighted by Gasteiger charge is 2.08. The average Bonchev–Trinajstić information content (AvgIpc) is 2.64. The van der Waals surface area contributed by atoms with Crippen molar-refractivity contribution in [1.29, 1.82) is 0 Å². The fourth-order valence-electron chi connectivity index (χ4n) is 2.17. The van der Waals surface area contributed by atoms with Gasteiger partial charge in [0.1, 0.15) is 5.03 Å². The predicted molar refractivity (Wildman–Crippen MR) is 114 cm³/mol. The summed E-state index contributed by atoms with van der Waals surface area (Å²) in [4.78, 5) is 5.49. The maximum absolute atomic E-state index is 6.17. The molecule has 1 heterocycles. The van der Waals surface area contributed by atoms with Gasteiger partial charge in [-0.05, 0) is 60.2 Å². The Balaban J connectivity index is 1.65. The lowest BCUT2D eigenvalue weighted by Gasteiger charge is -2.13.